The van der Waals surface area contributed by atoms with Crippen LogP contribution in [0.15, 0.2) is 18.7 Å². The summed E-state index contributed by atoms with van der Waals surface area (Å²) in [6.07, 6.45) is 0.835. The summed E-state index contributed by atoms with van der Waals surface area (Å²) in [4.78, 5) is 15.5. The van der Waals surface area contributed by atoms with Crippen LogP contribution < -0.4 is 10.1 Å². The molecule has 0 aliphatic heterocycles. The Kier molecular flexibility index (Phi) is 4.55. The lowest BCUT2D eigenvalue weighted by atomic mass is 10.5. The molecule has 0 amide bonds. The molecule has 21 heavy (non-hydrogen) atoms. The number of ether oxygens (including phenoxy) is 1. The first-order valence-electron chi connectivity index (χ1n) is 6.16. The Hall–Kier alpha value is -2.39. The molecule has 114 valence electrons. The van der Waals surface area contributed by atoms with Crippen molar-refractivity contribution in [1.29, 1.82) is 0 Å². The molecule has 0 atom stereocenters. The minimum atomic E-state index is -4.46. The molecule has 0 radical (unpaired) electrons. The average Bonchev–Trinajstić information content (AvgIpc) is 2.96. The second-order valence-electron chi connectivity index (χ2n) is 4.04. The highest BCUT2D eigenvalue weighted by Crippen LogP contribution is 2.17. The maximum Gasteiger partial charge on any atom is 0.422 e. The van der Waals surface area contributed by atoms with Crippen LogP contribution in [0, 0.1) is 0 Å². The first-order valence-corrected chi connectivity index (χ1v) is 6.16. The van der Waals surface area contributed by atoms with E-state index in [9.17, 15) is 13.2 Å². The van der Waals surface area contributed by atoms with Crippen LogP contribution >= 0.6 is 0 Å². The predicted octanol–water partition coefficient (Wildman–Crippen LogP) is 1.82. The van der Waals surface area contributed by atoms with Crippen molar-refractivity contribution in [2.24, 2.45) is 0 Å². The maximum atomic E-state index is 12.2. The number of hydrogen-bond donors (Lipinski definition) is 1. The fourth-order valence-corrected chi connectivity index (χ4v) is 1.37. The van der Waals surface area contributed by atoms with Crippen LogP contribution in [0.3, 0.4) is 0 Å². The molecule has 0 aliphatic rings. The van der Waals surface area contributed by atoms with Crippen LogP contribution in [0.2, 0.25) is 0 Å². The Bertz CT molecular complexity index is 572. The Labute approximate surface area is 118 Å². The highest BCUT2D eigenvalue weighted by Gasteiger charge is 2.29. The quantitative estimate of drug-likeness (QED) is 0.877. The lowest BCUT2D eigenvalue weighted by molar-refractivity contribution is -0.154. The van der Waals surface area contributed by atoms with E-state index in [0.717, 1.165) is 6.42 Å². The van der Waals surface area contributed by atoms with E-state index in [1.54, 1.807) is 6.20 Å². The minimum absolute atomic E-state index is 0.123. The molecule has 7 nitrogen and oxygen atoms in total. The average molecular weight is 302 g/mol. The Morgan fingerprint density at radius 1 is 1.29 bits per heavy atom. The predicted molar refractivity (Wildman–Crippen MR) is 67.3 cm³/mol. The maximum absolute atomic E-state index is 12.2. The van der Waals surface area contributed by atoms with Crippen molar-refractivity contribution in [3.8, 4) is 12.0 Å². The molecular formula is C11H13F3N6O. The standard InChI is InChI=1S/C11H13F3N6O/c1-2-3-16-8-17-9(20-5-4-15-7-20)19-10(18-8)21-6-11(12,13)14/h4-5,7H,2-3,6H2,1H3,(H,16,17,18,19). The van der Waals surface area contributed by atoms with Gasteiger partial charge < -0.3 is 10.1 Å². The summed E-state index contributed by atoms with van der Waals surface area (Å²) >= 11 is 0. The molecular weight excluding hydrogens is 289 g/mol. The molecule has 0 aliphatic carbocycles. The van der Waals surface area contributed by atoms with Crippen LogP contribution in [0.1, 0.15) is 13.3 Å². The Balaban J connectivity index is 2.24. The molecule has 0 unspecified atom stereocenters. The SMILES string of the molecule is CCCNc1nc(OCC(F)(F)F)nc(-n2ccnc2)n1. The number of aromatic nitrogens is 5. The van der Waals surface area contributed by atoms with Gasteiger partial charge >= 0.3 is 12.2 Å². The molecule has 0 bridgehead atoms. The van der Waals surface area contributed by atoms with Crippen molar-refractivity contribution in [2.75, 3.05) is 18.5 Å². The second-order valence-corrected chi connectivity index (χ2v) is 4.04. The molecule has 2 rings (SSSR count). The molecule has 10 heteroatoms. The zero-order valence-electron chi connectivity index (χ0n) is 11.1. The van der Waals surface area contributed by atoms with Gasteiger partial charge in [-0.05, 0) is 6.42 Å². The number of hydrogen-bond acceptors (Lipinski definition) is 6. The number of nitrogens with zero attached hydrogens (tertiary/aromatic N) is 5. The van der Waals surface area contributed by atoms with Crippen LogP contribution in [-0.4, -0.2) is 43.8 Å². The molecule has 2 aromatic heterocycles. The van der Waals surface area contributed by atoms with Gasteiger partial charge in [-0.25, -0.2) is 4.98 Å². The Morgan fingerprint density at radius 3 is 2.71 bits per heavy atom. The molecule has 0 saturated carbocycles. The fourth-order valence-electron chi connectivity index (χ4n) is 1.37. The third-order valence-electron chi connectivity index (χ3n) is 2.24. The molecule has 0 fully saturated rings. The van der Waals surface area contributed by atoms with Gasteiger partial charge in [0.25, 0.3) is 0 Å². The van der Waals surface area contributed by atoms with Crippen molar-refractivity contribution in [3.05, 3.63) is 18.7 Å². The summed E-state index contributed by atoms with van der Waals surface area (Å²) in [6.45, 7) is 1.05. The van der Waals surface area contributed by atoms with Gasteiger partial charge in [-0.3, -0.25) is 4.57 Å². The van der Waals surface area contributed by atoms with E-state index in [1.165, 1.54) is 17.1 Å². The van der Waals surface area contributed by atoms with Gasteiger partial charge in [0.1, 0.15) is 6.33 Å². The van der Waals surface area contributed by atoms with Crippen molar-refractivity contribution in [3.63, 3.8) is 0 Å². The van der Waals surface area contributed by atoms with Crippen molar-refractivity contribution >= 4 is 5.95 Å². The number of halogens is 3. The fraction of sp³-hybridized carbons (Fsp3) is 0.455. The molecule has 0 spiro atoms. The first-order chi connectivity index (χ1) is 9.98. The highest BCUT2D eigenvalue weighted by atomic mass is 19.4. The number of imidazole rings is 1. The van der Waals surface area contributed by atoms with Gasteiger partial charge in [0.15, 0.2) is 6.61 Å². The van der Waals surface area contributed by atoms with Crippen LogP contribution in [0.4, 0.5) is 19.1 Å². The smallest absolute Gasteiger partial charge is 0.422 e. The molecule has 2 aromatic rings. The normalized spacial score (nSPS) is 11.4. The summed E-state index contributed by atoms with van der Waals surface area (Å²) in [6, 6.07) is -0.398. The molecule has 0 saturated heterocycles. The first kappa shape index (κ1) is 15.0. The van der Waals surface area contributed by atoms with Gasteiger partial charge in [0, 0.05) is 18.9 Å². The minimum Gasteiger partial charge on any atom is -0.454 e. The molecule has 2 heterocycles. The summed E-state index contributed by atoms with van der Waals surface area (Å²) in [5.74, 6) is 0.269. The lowest BCUT2D eigenvalue weighted by Crippen LogP contribution is -2.21. The molecule has 0 aromatic carbocycles. The summed E-state index contributed by atoms with van der Waals surface area (Å²) in [5, 5.41) is 2.88. The van der Waals surface area contributed by atoms with Crippen molar-refractivity contribution < 1.29 is 17.9 Å². The second kappa shape index (κ2) is 6.37. The van der Waals surface area contributed by atoms with E-state index in [0.29, 0.717) is 6.54 Å². The topological polar surface area (TPSA) is 77.8 Å². The third-order valence-corrected chi connectivity index (χ3v) is 2.24. The Morgan fingerprint density at radius 2 is 2.10 bits per heavy atom. The zero-order valence-corrected chi connectivity index (χ0v) is 11.1. The monoisotopic (exact) mass is 302 g/mol. The lowest BCUT2D eigenvalue weighted by Gasteiger charge is -2.10. The van der Waals surface area contributed by atoms with E-state index in [4.69, 9.17) is 0 Å². The van der Waals surface area contributed by atoms with Crippen LogP contribution in [0.25, 0.3) is 5.95 Å². The van der Waals surface area contributed by atoms with Crippen molar-refractivity contribution in [2.45, 2.75) is 19.5 Å². The van der Waals surface area contributed by atoms with Gasteiger partial charge in [-0.2, -0.15) is 28.1 Å². The van der Waals surface area contributed by atoms with Gasteiger partial charge in [0.05, 0.1) is 0 Å². The van der Waals surface area contributed by atoms with Crippen molar-refractivity contribution in [1.82, 2.24) is 24.5 Å². The van der Waals surface area contributed by atoms with Gasteiger partial charge in [-0.1, -0.05) is 6.92 Å². The third kappa shape index (κ3) is 4.58. The summed E-state index contributed by atoms with van der Waals surface area (Å²) < 4.78 is 42.6. The van der Waals surface area contributed by atoms with Crippen LogP contribution in [-0.2, 0) is 0 Å². The van der Waals surface area contributed by atoms with Gasteiger partial charge in [-0.15, -0.1) is 0 Å². The number of alkyl halides is 3. The zero-order chi connectivity index (χ0) is 15.3. The van der Waals surface area contributed by atoms with E-state index < -0.39 is 18.8 Å². The highest BCUT2D eigenvalue weighted by molar-refractivity contribution is 5.30. The number of anilines is 1. The molecule has 1 N–H and O–H groups in total. The van der Waals surface area contributed by atoms with E-state index >= 15 is 0 Å². The summed E-state index contributed by atoms with van der Waals surface area (Å²) in [7, 11) is 0. The largest absolute Gasteiger partial charge is 0.454 e. The van der Waals surface area contributed by atoms with Crippen LogP contribution in [0.5, 0.6) is 6.01 Å². The van der Waals surface area contributed by atoms with E-state index in [1.807, 2.05) is 6.92 Å². The number of rotatable bonds is 6. The van der Waals surface area contributed by atoms with E-state index in [-0.39, 0.29) is 11.9 Å². The summed E-state index contributed by atoms with van der Waals surface area (Å²) in [5.41, 5.74) is 0. The van der Waals surface area contributed by atoms with Gasteiger partial charge in [0.2, 0.25) is 11.9 Å². The number of nitrogens with one attached hydrogen (secondary N) is 1. The van der Waals surface area contributed by atoms with E-state index in [2.05, 4.69) is 30.0 Å².